The van der Waals surface area contributed by atoms with Gasteiger partial charge in [0.05, 0.1) is 13.1 Å². The molecular weight excluding hydrogens is 382 g/mol. The van der Waals surface area contributed by atoms with Gasteiger partial charge in [0.25, 0.3) is 0 Å². The van der Waals surface area contributed by atoms with E-state index in [2.05, 4.69) is 13.2 Å². The van der Waals surface area contributed by atoms with Crippen LogP contribution in [0.1, 0.15) is 0 Å². The molecule has 7 heteroatoms. The highest BCUT2D eigenvalue weighted by atomic mass is 28.3. The monoisotopic (exact) mass is 404 g/mol. The standard InChI is InChI=1S/C22H22N3O3Si/c1-3-15-23-20(26)24(16-4-2)22(28)25(21(23)27)17-29(18-11-7-5-8-12-18)19-13-9-6-10-14-19/h3-14H,1-2,15-17H2. The van der Waals surface area contributed by atoms with Crippen LogP contribution in [0.4, 0.5) is 0 Å². The van der Waals surface area contributed by atoms with Crippen LogP contribution in [0.5, 0.6) is 0 Å². The fourth-order valence-corrected chi connectivity index (χ4v) is 5.65. The summed E-state index contributed by atoms with van der Waals surface area (Å²) in [5, 5.41) is 2.15. The number of hydrogen-bond acceptors (Lipinski definition) is 3. The fourth-order valence-electron chi connectivity index (χ4n) is 3.17. The molecule has 0 aliphatic rings. The minimum Gasteiger partial charge on any atom is -0.247 e. The van der Waals surface area contributed by atoms with Gasteiger partial charge < -0.3 is 0 Å². The summed E-state index contributed by atoms with van der Waals surface area (Å²) in [6.45, 7) is 7.30. The van der Waals surface area contributed by atoms with Crippen LogP contribution in [0.15, 0.2) is 100 Å². The summed E-state index contributed by atoms with van der Waals surface area (Å²) in [6, 6.07) is 19.7. The van der Waals surface area contributed by atoms with Crippen molar-refractivity contribution in [2.45, 2.75) is 19.3 Å². The van der Waals surface area contributed by atoms with E-state index in [1.165, 1.54) is 16.7 Å². The van der Waals surface area contributed by atoms with Crippen LogP contribution in [0, 0.1) is 0 Å². The molecule has 3 rings (SSSR count). The summed E-state index contributed by atoms with van der Waals surface area (Å²) in [4.78, 5) is 38.6. The first-order valence-corrected chi connectivity index (χ1v) is 10.9. The average molecular weight is 405 g/mol. The predicted molar refractivity (Wildman–Crippen MR) is 118 cm³/mol. The van der Waals surface area contributed by atoms with Crippen LogP contribution in [0.3, 0.4) is 0 Å². The lowest BCUT2D eigenvalue weighted by Gasteiger charge is -2.18. The first-order chi connectivity index (χ1) is 14.1. The lowest BCUT2D eigenvalue weighted by Crippen LogP contribution is -2.58. The maximum atomic E-state index is 13.0. The molecule has 3 aromatic rings. The third-order valence-electron chi connectivity index (χ3n) is 4.57. The topological polar surface area (TPSA) is 66.0 Å². The number of hydrogen-bond donors (Lipinski definition) is 0. The van der Waals surface area contributed by atoms with Crippen LogP contribution in [0.25, 0.3) is 0 Å². The molecule has 0 unspecified atom stereocenters. The smallest absolute Gasteiger partial charge is 0.247 e. The van der Waals surface area contributed by atoms with E-state index >= 15 is 0 Å². The summed E-state index contributed by atoms with van der Waals surface area (Å²) in [5.74, 6) is 0. The minimum absolute atomic E-state index is 0.0356. The molecule has 147 valence electrons. The van der Waals surface area contributed by atoms with E-state index in [-0.39, 0.29) is 19.3 Å². The normalized spacial score (nSPS) is 10.8. The van der Waals surface area contributed by atoms with Crippen molar-refractivity contribution < 1.29 is 0 Å². The van der Waals surface area contributed by atoms with E-state index in [0.29, 0.717) is 0 Å². The van der Waals surface area contributed by atoms with E-state index in [1.54, 1.807) is 0 Å². The van der Waals surface area contributed by atoms with Gasteiger partial charge in [0.2, 0.25) is 0 Å². The van der Waals surface area contributed by atoms with Crippen LogP contribution in [0.2, 0.25) is 0 Å². The number of aromatic nitrogens is 3. The Morgan fingerprint density at radius 2 is 1.03 bits per heavy atom. The van der Waals surface area contributed by atoms with Gasteiger partial charge in [-0.15, -0.1) is 13.2 Å². The van der Waals surface area contributed by atoms with Crippen molar-refractivity contribution in [2.75, 3.05) is 0 Å². The predicted octanol–water partition coefficient (Wildman–Crippen LogP) is 0.392. The van der Waals surface area contributed by atoms with Crippen LogP contribution in [-0.2, 0) is 19.3 Å². The van der Waals surface area contributed by atoms with Gasteiger partial charge in [0.1, 0.15) is 8.80 Å². The second kappa shape index (κ2) is 9.16. The molecule has 0 amide bonds. The molecule has 0 bridgehead atoms. The zero-order chi connectivity index (χ0) is 20.8. The molecule has 29 heavy (non-hydrogen) atoms. The Morgan fingerprint density at radius 3 is 1.41 bits per heavy atom. The van der Waals surface area contributed by atoms with E-state index in [9.17, 15) is 14.4 Å². The average Bonchev–Trinajstić information content (AvgIpc) is 2.75. The molecule has 6 nitrogen and oxygen atoms in total. The van der Waals surface area contributed by atoms with Crippen molar-refractivity contribution in [2.24, 2.45) is 0 Å². The molecule has 1 aromatic heterocycles. The van der Waals surface area contributed by atoms with Gasteiger partial charge in [-0.05, 0) is 0 Å². The van der Waals surface area contributed by atoms with Crippen molar-refractivity contribution in [3.8, 4) is 0 Å². The highest BCUT2D eigenvalue weighted by Gasteiger charge is 2.22. The first kappa shape index (κ1) is 20.3. The SMILES string of the molecule is C=CCn1c(=O)n(CC=C)c(=O)n(C[Si](c2ccccc2)c2ccccc2)c1=O. The minimum atomic E-state index is -1.49. The van der Waals surface area contributed by atoms with E-state index in [4.69, 9.17) is 0 Å². The second-order valence-electron chi connectivity index (χ2n) is 6.44. The van der Waals surface area contributed by atoms with Crippen molar-refractivity contribution in [1.82, 2.24) is 13.7 Å². The Labute approximate surface area is 169 Å². The van der Waals surface area contributed by atoms with Crippen LogP contribution in [-0.4, -0.2) is 22.5 Å². The Bertz CT molecular complexity index is 1090. The van der Waals surface area contributed by atoms with Gasteiger partial charge in [-0.2, -0.15) is 0 Å². The van der Waals surface area contributed by atoms with Gasteiger partial charge >= 0.3 is 17.1 Å². The Hall–Kier alpha value is -3.45. The highest BCUT2D eigenvalue weighted by molar-refractivity contribution is 6.84. The number of nitrogens with zero attached hydrogens (tertiary/aromatic N) is 3. The van der Waals surface area contributed by atoms with Crippen molar-refractivity contribution in [1.29, 1.82) is 0 Å². The van der Waals surface area contributed by atoms with Crippen LogP contribution < -0.4 is 27.4 Å². The molecule has 0 spiro atoms. The van der Waals surface area contributed by atoms with Crippen molar-refractivity contribution in [3.05, 3.63) is 117 Å². The molecule has 0 saturated heterocycles. The molecular formula is C22H22N3O3Si. The third-order valence-corrected chi connectivity index (χ3v) is 7.26. The molecule has 1 heterocycles. The number of allylic oxidation sites excluding steroid dienone is 2. The van der Waals surface area contributed by atoms with Gasteiger partial charge in [0.15, 0.2) is 0 Å². The Balaban J connectivity index is 2.21. The molecule has 0 atom stereocenters. The summed E-state index contributed by atoms with van der Waals surface area (Å²) in [6.07, 6.45) is 3.15. The molecule has 0 aliphatic heterocycles. The maximum absolute atomic E-state index is 13.0. The van der Waals surface area contributed by atoms with Crippen molar-refractivity contribution >= 4 is 19.2 Å². The quantitative estimate of drug-likeness (QED) is 0.403. The van der Waals surface area contributed by atoms with Gasteiger partial charge in [0, 0.05) is 6.17 Å². The Kier molecular flexibility index (Phi) is 6.41. The Morgan fingerprint density at radius 1 is 0.655 bits per heavy atom. The van der Waals surface area contributed by atoms with Gasteiger partial charge in [-0.3, -0.25) is 0 Å². The van der Waals surface area contributed by atoms with Gasteiger partial charge in [-0.1, -0.05) is 83.2 Å². The summed E-state index contributed by atoms with van der Waals surface area (Å²) < 4.78 is 3.24. The second-order valence-corrected chi connectivity index (χ2v) is 8.87. The van der Waals surface area contributed by atoms with E-state index in [0.717, 1.165) is 19.5 Å². The van der Waals surface area contributed by atoms with E-state index in [1.807, 2.05) is 60.7 Å². The molecule has 0 saturated carbocycles. The van der Waals surface area contributed by atoms with E-state index < -0.39 is 25.9 Å². The largest absolute Gasteiger partial charge is 0.336 e. The van der Waals surface area contributed by atoms with Crippen molar-refractivity contribution in [3.63, 3.8) is 0 Å². The zero-order valence-electron chi connectivity index (χ0n) is 16.0. The first-order valence-electron chi connectivity index (χ1n) is 9.21. The highest BCUT2D eigenvalue weighted by Crippen LogP contribution is 1.95. The number of benzene rings is 2. The molecule has 0 fully saturated rings. The molecule has 2 aromatic carbocycles. The molecule has 0 aliphatic carbocycles. The number of rotatable bonds is 8. The third kappa shape index (κ3) is 4.19. The van der Waals surface area contributed by atoms with Crippen LogP contribution >= 0.6 is 0 Å². The fraction of sp³-hybridized carbons (Fsp3) is 0.136. The molecule has 1 radical (unpaired) electrons. The zero-order valence-corrected chi connectivity index (χ0v) is 17.0. The summed E-state index contributed by atoms with van der Waals surface area (Å²) in [7, 11) is -1.49. The van der Waals surface area contributed by atoms with Gasteiger partial charge in [-0.25, -0.2) is 28.1 Å². The lowest BCUT2D eigenvalue weighted by atomic mass is 10.4. The summed E-state index contributed by atoms with van der Waals surface area (Å²) >= 11 is 0. The lowest BCUT2D eigenvalue weighted by molar-refractivity contribution is 0.509. The maximum Gasteiger partial charge on any atom is 0.336 e. The summed E-state index contributed by atoms with van der Waals surface area (Å²) in [5.41, 5.74) is -1.88. The molecule has 0 N–H and O–H groups in total.